The first-order chi connectivity index (χ1) is 17.8. The molecule has 0 bridgehead atoms. The Kier molecular flexibility index (Phi) is 7.35. The van der Waals surface area contributed by atoms with Crippen molar-refractivity contribution in [2.75, 3.05) is 19.6 Å². The van der Waals surface area contributed by atoms with Crippen LogP contribution in [0.4, 0.5) is 13.2 Å². The molecule has 1 aromatic heterocycles. The van der Waals surface area contributed by atoms with Gasteiger partial charge >= 0.3 is 6.18 Å². The standard InChI is InChI=1S/C28H31F3N4O2/c29-28(30,31)22-11-5-4-10-20(22)16-21-17-32-14-15-34(21)27(37)25-26(19-8-2-1-3-9-19)35(18-33-25)23-12-6-7-13-24(23)36/h1-5,8-11,18,21,23-24,32,36H,6-7,12-17H2/t21-,23+,24-/m1/s1. The molecule has 2 fully saturated rings. The van der Waals surface area contributed by atoms with Gasteiger partial charge in [0.05, 0.1) is 29.7 Å². The normalized spacial score (nSPS) is 22.7. The van der Waals surface area contributed by atoms with E-state index in [1.807, 2.05) is 34.9 Å². The highest BCUT2D eigenvalue weighted by atomic mass is 19.4. The van der Waals surface area contributed by atoms with Crippen molar-refractivity contribution in [2.24, 2.45) is 0 Å². The zero-order valence-electron chi connectivity index (χ0n) is 20.5. The number of aromatic nitrogens is 2. The molecule has 37 heavy (non-hydrogen) atoms. The van der Waals surface area contributed by atoms with Gasteiger partial charge in [0.25, 0.3) is 5.91 Å². The van der Waals surface area contributed by atoms with Crippen molar-refractivity contribution < 1.29 is 23.1 Å². The minimum atomic E-state index is -4.46. The van der Waals surface area contributed by atoms with E-state index in [0.29, 0.717) is 31.7 Å². The fourth-order valence-electron chi connectivity index (χ4n) is 5.64. The summed E-state index contributed by atoms with van der Waals surface area (Å²) in [7, 11) is 0. The van der Waals surface area contributed by atoms with E-state index in [2.05, 4.69) is 10.3 Å². The van der Waals surface area contributed by atoms with E-state index < -0.39 is 23.9 Å². The Balaban J connectivity index is 1.50. The predicted molar refractivity (Wildman–Crippen MR) is 134 cm³/mol. The minimum absolute atomic E-state index is 0.0805. The van der Waals surface area contributed by atoms with Crippen LogP contribution in [0.3, 0.4) is 0 Å². The van der Waals surface area contributed by atoms with E-state index in [9.17, 15) is 23.1 Å². The van der Waals surface area contributed by atoms with Gasteiger partial charge in [0.15, 0.2) is 5.69 Å². The summed E-state index contributed by atoms with van der Waals surface area (Å²) in [4.78, 5) is 20.2. The summed E-state index contributed by atoms with van der Waals surface area (Å²) in [6.45, 7) is 1.30. The number of amides is 1. The Morgan fingerprint density at radius 1 is 1.05 bits per heavy atom. The quantitative estimate of drug-likeness (QED) is 0.520. The topological polar surface area (TPSA) is 70.4 Å². The summed E-state index contributed by atoms with van der Waals surface area (Å²) >= 11 is 0. The lowest BCUT2D eigenvalue weighted by atomic mass is 9.92. The number of rotatable bonds is 5. The van der Waals surface area contributed by atoms with Crippen LogP contribution in [-0.2, 0) is 12.6 Å². The molecule has 0 spiro atoms. The average molecular weight is 513 g/mol. The first-order valence-corrected chi connectivity index (χ1v) is 12.8. The van der Waals surface area contributed by atoms with Crippen molar-refractivity contribution in [2.45, 2.75) is 56.5 Å². The molecular formula is C28H31F3N4O2. The zero-order chi connectivity index (χ0) is 26.0. The van der Waals surface area contributed by atoms with Gasteiger partial charge < -0.3 is 19.9 Å². The second-order valence-electron chi connectivity index (χ2n) is 9.85. The van der Waals surface area contributed by atoms with E-state index in [1.54, 1.807) is 17.3 Å². The molecule has 3 aromatic rings. The van der Waals surface area contributed by atoms with Gasteiger partial charge in [-0.25, -0.2) is 4.98 Å². The summed E-state index contributed by atoms with van der Waals surface area (Å²) in [5.41, 5.74) is 1.22. The minimum Gasteiger partial charge on any atom is -0.391 e. The van der Waals surface area contributed by atoms with Gasteiger partial charge in [0.1, 0.15) is 0 Å². The van der Waals surface area contributed by atoms with E-state index >= 15 is 0 Å². The maximum atomic E-state index is 14.0. The second kappa shape index (κ2) is 10.7. The number of hydrogen-bond acceptors (Lipinski definition) is 4. The van der Waals surface area contributed by atoms with Crippen LogP contribution in [0, 0.1) is 0 Å². The Labute approximate surface area is 214 Å². The first kappa shape index (κ1) is 25.5. The van der Waals surface area contributed by atoms with Crippen molar-refractivity contribution >= 4 is 5.91 Å². The van der Waals surface area contributed by atoms with Gasteiger partial charge in [-0.3, -0.25) is 4.79 Å². The largest absolute Gasteiger partial charge is 0.416 e. The molecule has 2 aromatic carbocycles. The van der Waals surface area contributed by atoms with E-state index in [1.165, 1.54) is 12.1 Å². The number of nitrogens with one attached hydrogen (secondary N) is 1. The SMILES string of the molecule is O=C(c1ncn([C@H]2CCCC[C@H]2O)c1-c1ccccc1)N1CCNC[C@H]1Cc1ccccc1C(F)(F)F. The molecule has 2 aliphatic rings. The van der Waals surface area contributed by atoms with Crippen LogP contribution in [0.1, 0.15) is 53.3 Å². The van der Waals surface area contributed by atoms with Crippen molar-refractivity contribution in [3.8, 4) is 11.3 Å². The molecule has 0 radical (unpaired) electrons. The van der Waals surface area contributed by atoms with Crippen molar-refractivity contribution in [1.29, 1.82) is 0 Å². The number of hydrogen-bond donors (Lipinski definition) is 2. The number of carbonyl (C=O) groups is 1. The third-order valence-electron chi connectivity index (χ3n) is 7.48. The first-order valence-electron chi connectivity index (χ1n) is 12.8. The Morgan fingerprint density at radius 2 is 1.78 bits per heavy atom. The lowest BCUT2D eigenvalue weighted by Crippen LogP contribution is -2.54. The molecule has 1 amide bonds. The van der Waals surface area contributed by atoms with Crippen molar-refractivity contribution in [3.63, 3.8) is 0 Å². The van der Waals surface area contributed by atoms with Crippen LogP contribution in [0.5, 0.6) is 0 Å². The molecule has 196 valence electrons. The fraction of sp³-hybridized carbons (Fsp3) is 0.429. The number of halogens is 3. The smallest absolute Gasteiger partial charge is 0.391 e. The van der Waals surface area contributed by atoms with Crippen LogP contribution in [0.25, 0.3) is 11.3 Å². The molecule has 1 aliphatic heterocycles. The molecule has 3 atom stereocenters. The third-order valence-corrected chi connectivity index (χ3v) is 7.48. The number of imidazole rings is 1. The third kappa shape index (κ3) is 5.29. The fourth-order valence-corrected chi connectivity index (χ4v) is 5.64. The van der Waals surface area contributed by atoms with Gasteiger partial charge in [-0.05, 0) is 30.9 Å². The molecule has 1 saturated heterocycles. The lowest BCUT2D eigenvalue weighted by Gasteiger charge is -2.37. The molecule has 2 heterocycles. The van der Waals surface area contributed by atoms with Crippen LogP contribution < -0.4 is 5.32 Å². The molecule has 1 aliphatic carbocycles. The Hall–Kier alpha value is -3.17. The van der Waals surface area contributed by atoms with Crippen molar-refractivity contribution in [3.05, 3.63) is 77.7 Å². The summed E-state index contributed by atoms with van der Waals surface area (Å²) in [6.07, 6.45) is 0.139. The number of alkyl halides is 3. The molecule has 1 saturated carbocycles. The zero-order valence-corrected chi connectivity index (χ0v) is 20.5. The Morgan fingerprint density at radius 3 is 2.54 bits per heavy atom. The molecule has 0 unspecified atom stereocenters. The Bertz CT molecular complexity index is 1230. The molecule has 6 nitrogen and oxygen atoms in total. The summed E-state index contributed by atoms with van der Waals surface area (Å²) in [6, 6.07) is 14.4. The molecule has 2 N–H and O–H groups in total. The van der Waals surface area contributed by atoms with Crippen LogP contribution in [0.2, 0.25) is 0 Å². The van der Waals surface area contributed by atoms with Gasteiger partial charge in [0, 0.05) is 31.2 Å². The van der Waals surface area contributed by atoms with Gasteiger partial charge in [-0.1, -0.05) is 61.4 Å². The van der Waals surface area contributed by atoms with Crippen molar-refractivity contribution in [1.82, 2.24) is 19.8 Å². The second-order valence-corrected chi connectivity index (χ2v) is 9.85. The maximum absolute atomic E-state index is 14.0. The van der Waals surface area contributed by atoms with Gasteiger partial charge in [0.2, 0.25) is 0 Å². The number of aliphatic hydroxyl groups excluding tert-OH is 1. The van der Waals surface area contributed by atoms with E-state index in [-0.39, 0.29) is 29.6 Å². The highest BCUT2D eigenvalue weighted by Gasteiger charge is 2.37. The van der Waals surface area contributed by atoms with E-state index in [4.69, 9.17) is 0 Å². The summed E-state index contributed by atoms with van der Waals surface area (Å²) in [5, 5.41) is 14.0. The summed E-state index contributed by atoms with van der Waals surface area (Å²) < 4.78 is 42.9. The monoisotopic (exact) mass is 512 g/mol. The predicted octanol–water partition coefficient (Wildman–Crippen LogP) is 4.70. The summed E-state index contributed by atoms with van der Waals surface area (Å²) in [5.74, 6) is -0.307. The molecular weight excluding hydrogens is 481 g/mol. The van der Waals surface area contributed by atoms with E-state index in [0.717, 1.165) is 30.9 Å². The average Bonchev–Trinajstić information content (AvgIpc) is 3.34. The van der Waals surface area contributed by atoms with Crippen LogP contribution in [0.15, 0.2) is 60.9 Å². The lowest BCUT2D eigenvalue weighted by molar-refractivity contribution is -0.138. The van der Waals surface area contributed by atoms with Crippen LogP contribution >= 0.6 is 0 Å². The van der Waals surface area contributed by atoms with Gasteiger partial charge in [-0.15, -0.1) is 0 Å². The van der Waals surface area contributed by atoms with Crippen LogP contribution in [-0.4, -0.2) is 57.2 Å². The number of nitrogens with zero attached hydrogens (tertiary/aromatic N) is 3. The molecule has 9 heteroatoms. The maximum Gasteiger partial charge on any atom is 0.416 e. The molecule has 5 rings (SSSR count). The highest BCUT2D eigenvalue weighted by Crippen LogP contribution is 2.36. The number of carbonyl (C=O) groups excluding carboxylic acids is 1. The highest BCUT2D eigenvalue weighted by molar-refractivity contribution is 5.98. The number of benzene rings is 2. The number of aliphatic hydroxyl groups is 1. The van der Waals surface area contributed by atoms with Gasteiger partial charge in [-0.2, -0.15) is 13.2 Å². The number of piperazine rings is 1.